The number of anilines is 2. The number of amides is 2. The van der Waals surface area contributed by atoms with E-state index >= 15 is 0 Å². The van der Waals surface area contributed by atoms with Crippen molar-refractivity contribution >= 4 is 40.0 Å². The van der Waals surface area contributed by atoms with Crippen LogP contribution in [0.4, 0.5) is 15.8 Å². The number of rotatable bonds is 4. The molecule has 2 amide bonds. The Morgan fingerprint density at radius 2 is 1.73 bits per heavy atom. The molecule has 3 aromatic rings. The SMILES string of the molecule is CC(=O)Nc1cc(NC(=O)/C=C/c2cccc3ccccc23)ccc1F. The number of carbonyl (C=O) groups excluding carboxylic acids is 2. The van der Waals surface area contributed by atoms with Crippen molar-refractivity contribution in [3.63, 3.8) is 0 Å². The first-order valence-electron chi connectivity index (χ1n) is 8.07. The standard InChI is InChI=1S/C21H17FN2O2/c1-14(25)23-20-13-17(10-11-19(20)22)24-21(26)12-9-16-7-4-6-15-5-2-3-8-18(15)16/h2-13H,1H3,(H,23,25)(H,24,26)/b12-9+. The second kappa shape index (κ2) is 7.61. The monoisotopic (exact) mass is 348 g/mol. The second-order valence-electron chi connectivity index (χ2n) is 5.77. The van der Waals surface area contributed by atoms with Crippen molar-refractivity contribution in [2.75, 3.05) is 10.6 Å². The van der Waals surface area contributed by atoms with E-state index in [0.717, 1.165) is 16.3 Å². The van der Waals surface area contributed by atoms with Gasteiger partial charge in [0.2, 0.25) is 11.8 Å². The van der Waals surface area contributed by atoms with Crippen molar-refractivity contribution in [3.05, 3.63) is 78.1 Å². The van der Waals surface area contributed by atoms with Gasteiger partial charge in [-0.25, -0.2) is 4.39 Å². The third-order valence-corrected chi connectivity index (χ3v) is 3.78. The van der Waals surface area contributed by atoms with Crippen LogP contribution >= 0.6 is 0 Å². The largest absolute Gasteiger partial charge is 0.324 e. The van der Waals surface area contributed by atoms with Gasteiger partial charge in [0.1, 0.15) is 5.82 Å². The van der Waals surface area contributed by atoms with E-state index in [1.807, 2.05) is 42.5 Å². The Balaban J connectivity index is 1.76. The van der Waals surface area contributed by atoms with E-state index in [1.54, 1.807) is 6.08 Å². The fourth-order valence-corrected chi connectivity index (χ4v) is 2.63. The smallest absolute Gasteiger partial charge is 0.248 e. The summed E-state index contributed by atoms with van der Waals surface area (Å²) < 4.78 is 13.6. The summed E-state index contributed by atoms with van der Waals surface area (Å²) >= 11 is 0. The average molecular weight is 348 g/mol. The predicted molar refractivity (Wildman–Crippen MR) is 102 cm³/mol. The minimum absolute atomic E-state index is 0.0216. The first-order valence-corrected chi connectivity index (χ1v) is 8.07. The molecule has 4 nitrogen and oxygen atoms in total. The fourth-order valence-electron chi connectivity index (χ4n) is 2.63. The van der Waals surface area contributed by atoms with E-state index < -0.39 is 5.82 Å². The summed E-state index contributed by atoms with van der Waals surface area (Å²) in [5.41, 5.74) is 1.34. The van der Waals surface area contributed by atoms with Gasteiger partial charge in [0.05, 0.1) is 5.69 Å². The zero-order valence-corrected chi connectivity index (χ0v) is 14.1. The number of hydrogen-bond acceptors (Lipinski definition) is 2. The van der Waals surface area contributed by atoms with Gasteiger partial charge in [-0.2, -0.15) is 0 Å². The summed E-state index contributed by atoms with van der Waals surface area (Å²) in [6.45, 7) is 1.29. The summed E-state index contributed by atoms with van der Waals surface area (Å²) in [6.07, 6.45) is 3.15. The molecule has 3 rings (SSSR count). The third-order valence-electron chi connectivity index (χ3n) is 3.78. The molecule has 0 aliphatic carbocycles. The Kier molecular flexibility index (Phi) is 5.08. The molecule has 0 aromatic heterocycles. The van der Waals surface area contributed by atoms with E-state index in [9.17, 15) is 14.0 Å². The maximum atomic E-state index is 13.6. The average Bonchev–Trinajstić information content (AvgIpc) is 2.62. The highest BCUT2D eigenvalue weighted by atomic mass is 19.1. The molecule has 2 N–H and O–H groups in total. The van der Waals surface area contributed by atoms with Crippen molar-refractivity contribution in [2.24, 2.45) is 0 Å². The van der Waals surface area contributed by atoms with Gasteiger partial charge in [0.15, 0.2) is 0 Å². The fraction of sp³-hybridized carbons (Fsp3) is 0.0476. The Labute approximate surface area is 150 Å². The number of halogens is 1. The predicted octanol–water partition coefficient (Wildman–Crippen LogP) is 4.59. The van der Waals surface area contributed by atoms with Crippen LogP contribution in [0.1, 0.15) is 12.5 Å². The summed E-state index contributed by atoms with van der Waals surface area (Å²) in [6, 6.07) is 17.8. The molecule has 0 saturated heterocycles. The van der Waals surface area contributed by atoms with E-state index in [2.05, 4.69) is 10.6 Å². The summed E-state index contributed by atoms with van der Waals surface area (Å²) in [4.78, 5) is 23.3. The topological polar surface area (TPSA) is 58.2 Å². The number of hydrogen-bond donors (Lipinski definition) is 2. The molecule has 5 heteroatoms. The molecule has 0 saturated carbocycles. The van der Waals surface area contributed by atoms with Gasteiger partial charge in [0, 0.05) is 18.7 Å². The van der Waals surface area contributed by atoms with Crippen LogP contribution < -0.4 is 10.6 Å². The minimum atomic E-state index is -0.565. The van der Waals surface area contributed by atoms with Gasteiger partial charge >= 0.3 is 0 Å². The van der Waals surface area contributed by atoms with Gasteiger partial charge in [-0.1, -0.05) is 42.5 Å². The molecule has 0 atom stereocenters. The molecule has 3 aromatic carbocycles. The zero-order valence-electron chi connectivity index (χ0n) is 14.1. The molecule has 0 unspecified atom stereocenters. The maximum Gasteiger partial charge on any atom is 0.248 e. The first kappa shape index (κ1) is 17.4. The highest BCUT2D eigenvalue weighted by molar-refractivity contribution is 6.04. The van der Waals surface area contributed by atoms with Gasteiger partial charge in [-0.05, 0) is 40.6 Å². The quantitative estimate of drug-likeness (QED) is 0.678. The van der Waals surface area contributed by atoms with Gasteiger partial charge in [-0.3, -0.25) is 9.59 Å². The van der Waals surface area contributed by atoms with Gasteiger partial charge in [0.25, 0.3) is 0 Å². The molecule has 0 spiro atoms. The Bertz CT molecular complexity index is 1010. The highest BCUT2D eigenvalue weighted by Gasteiger charge is 2.06. The van der Waals surface area contributed by atoms with Crippen LogP contribution in [0.2, 0.25) is 0 Å². The third kappa shape index (κ3) is 4.13. The van der Waals surface area contributed by atoms with Crippen LogP contribution in [0, 0.1) is 5.82 Å². The molecule has 0 heterocycles. The molecular weight excluding hydrogens is 331 g/mol. The van der Waals surface area contributed by atoms with Gasteiger partial charge < -0.3 is 10.6 Å². The molecule has 0 aliphatic heterocycles. The Morgan fingerprint density at radius 1 is 0.962 bits per heavy atom. The van der Waals surface area contributed by atoms with Crippen LogP contribution in [-0.4, -0.2) is 11.8 Å². The summed E-state index contributed by atoms with van der Waals surface area (Å²) in [7, 11) is 0. The lowest BCUT2D eigenvalue weighted by Gasteiger charge is -2.07. The molecule has 0 radical (unpaired) electrons. The van der Waals surface area contributed by atoms with Crippen molar-refractivity contribution in [3.8, 4) is 0 Å². The lowest BCUT2D eigenvalue weighted by molar-refractivity contribution is -0.114. The molecule has 0 fully saturated rings. The summed E-state index contributed by atoms with van der Waals surface area (Å²) in [5, 5.41) is 7.18. The summed E-state index contributed by atoms with van der Waals surface area (Å²) in [5.74, 6) is -1.30. The van der Waals surface area contributed by atoms with Crippen molar-refractivity contribution in [1.82, 2.24) is 0 Å². The van der Waals surface area contributed by atoms with Crippen molar-refractivity contribution < 1.29 is 14.0 Å². The zero-order chi connectivity index (χ0) is 18.5. The van der Waals surface area contributed by atoms with Crippen molar-refractivity contribution in [2.45, 2.75) is 6.92 Å². The van der Waals surface area contributed by atoms with Crippen molar-refractivity contribution in [1.29, 1.82) is 0 Å². The highest BCUT2D eigenvalue weighted by Crippen LogP contribution is 2.21. The molecule has 0 aliphatic rings. The number of carbonyl (C=O) groups is 2. The second-order valence-corrected chi connectivity index (χ2v) is 5.77. The molecule has 0 bridgehead atoms. The number of benzene rings is 3. The number of nitrogens with one attached hydrogen (secondary N) is 2. The molecule has 26 heavy (non-hydrogen) atoms. The van der Waals surface area contributed by atoms with Crippen LogP contribution in [0.5, 0.6) is 0 Å². The van der Waals surface area contributed by atoms with Crippen LogP contribution in [0.3, 0.4) is 0 Å². The number of fused-ring (bicyclic) bond motifs is 1. The van der Waals surface area contributed by atoms with E-state index in [1.165, 1.54) is 31.2 Å². The maximum absolute atomic E-state index is 13.6. The Hall–Kier alpha value is -3.47. The normalized spacial score (nSPS) is 10.8. The van der Waals surface area contributed by atoms with Crippen LogP contribution in [-0.2, 0) is 9.59 Å². The lowest BCUT2D eigenvalue weighted by atomic mass is 10.0. The van der Waals surface area contributed by atoms with Crippen LogP contribution in [0.25, 0.3) is 16.8 Å². The van der Waals surface area contributed by atoms with E-state index in [0.29, 0.717) is 5.69 Å². The molecular formula is C21H17FN2O2. The molecule has 130 valence electrons. The van der Waals surface area contributed by atoms with Gasteiger partial charge in [-0.15, -0.1) is 0 Å². The van der Waals surface area contributed by atoms with Crippen LogP contribution in [0.15, 0.2) is 66.7 Å². The minimum Gasteiger partial charge on any atom is -0.324 e. The first-order chi connectivity index (χ1) is 12.5. The lowest BCUT2D eigenvalue weighted by Crippen LogP contribution is -2.10. The van der Waals surface area contributed by atoms with E-state index in [-0.39, 0.29) is 17.5 Å². The Morgan fingerprint density at radius 3 is 2.54 bits per heavy atom. The van der Waals surface area contributed by atoms with E-state index in [4.69, 9.17) is 0 Å².